The Bertz CT molecular complexity index is 959. The van der Waals surface area contributed by atoms with Gasteiger partial charge in [0.05, 0.1) is 24.1 Å². The number of esters is 1. The standard InChI is InChI=1S/C18H14FN3O4S/c1-25-17(24)13-4-2-3-5-14(13)20-15(23)10-27-18-22-21-16(26-18)11-6-8-12(19)9-7-11/h2-9H,10H2,1H3,(H,20,23). The molecule has 1 N–H and O–H groups in total. The maximum absolute atomic E-state index is 13.0. The number of carbonyl (C=O) groups excluding carboxylic acids is 2. The van der Waals surface area contributed by atoms with E-state index < -0.39 is 5.97 Å². The van der Waals surface area contributed by atoms with Crippen LogP contribution in [0.5, 0.6) is 0 Å². The van der Waals surface area contributed by atoms with Crippen LogP contribution >= 0.6 is 11.8 Å². The summed E-state index contributed by atoms with van der Waals surface area (Å²) in [5.74, 6) is -1.02. The third kappa shape index (κ3) is 4.70. The molecule has 0 atom stereocenters. The highest BCUT2D eigenvalue weighted by Crippen LogP contribution is 2.24. The first kappa shape index (κ1) is 18.6. The number of anilines is 1. The van der Waals surface area contributed by atoms with Crippen LogP contribution in [0.1, 0.15) is 10.4 Å². The van der Waals surface area contributed by atoms with Gasteiger partial charge in [-0.25, -0.2) is 9.18 Å². The number of nitrogens with one attached hydrogen (secondary N) is 1. The lowest BCUT2D eigenvalue weighted by Gasteiger charge is -2.08. The number of hydrogen-bond acceptors (Lipinski definition) is 7. The Balaban J connectivity index is 1.60. The van der Waals surface area contributed by atoms with Crippen LogP contribution in [0.3, 0.4) is 0 Å². The molecule has 1 aromatic heterocycles. The topological polar surface area (TPSA) is 94.3 Å². The van der Waals surface area contributed by atoms with E-state index in [1.54, 1.807) is 24.3 Å². The summed E-state index contributed by atoms with van der Waals surface area (Å²) in [6.45, 7) is 0. The average Bonchev–Trinajstić information content (AvgIpc) is 3.16. The second-order valence-corrected chi connectivity index (χ2v) is 6.18. The van der Waals surface area contributed by atoms with E-state index in [4.69, 9.17) is 4.42 Å². The van der Waals surface area contributed by atoms with E-state index in [1.165, 1.54) is 31.4 Å². The highest BCUT2D eigenvalue weighted by atomic mass is 32.2. The molecular formula is C18H14FN3O4S. The van der Waals surface area contributed by atoms with Gasteiger partial charge in [-0.1, -0.05) is 23.9 Å². The Hall–Kier alpha value is -3.20. The van der Waals surface area contributed by atoms with Crippen molar-refractivity contribution in [1.29, 1.82) is 0 Å². The van der Waals surface area contributed by atoms with Gasteiger partial charge in [0.2, 0.25) is 11.8 Å². The predicted octanol–water partition coefficient (Wildman–Crippen LogP) is 3.39. The molecule has 0 fully saturated rings. The molecule has 1 heterocycles. The number of hydrogen-bond donors (Lipinski definition) is 1. The van der Waals surface area contributed by atoms with Crippen molar-refractivity contribution in [3.05, 3.63) is 59.9 Å². The largest absolute Gasteiger partial charge is 0.465 e. The molecule has 0 aliphatic rings. The van der Waals surface area contributed by atoms with Crippen molar-refractivity contribution in [2.24, 2.45) is 0 Å². The van der Waals surface area contributed by atoms with Gasteiger partial charge in [0.1, 0.15) is 5.82 Å². The molecule has 3 rings (SSSR count). The van der Waals surface area contributed by atoms with E-state index in [9.17, 15) is 14.0 Å². The summed E-state index contributed by atoms with van der Waals surface area (Å²) in [4.78, 5) is 23.9. The quantitative estimate of drug-likeness (QED) is 0.512. The first-order valence-corrected chi connectivity index (χ1v) is 8.75. The van der Waals surface area contributed by atoms with E-state index in [0.29, 0.717) is 11.3 Å². The maximum Gasteiger partial charge on any atom is 0.339 e. The number of thioether (sulfide) groups is 1. The fourth-order valence-corrected chi connectivity index (χ4v) is 2.73. The van der Waals surface area contributed by atoms with Gasteiger partial charge in [0.25, 0.3) is 5.22 Å². The Labute approximate surface area is 157 Å². The molecule has 2 aromatic carbocycles. The number of carbonyl (C=O) groups is 2. The summed E-state index contributed by atoms with van der Waals surface area (Å²) in [6.07, 6.45) is 0. The molecule has 138 valence electrons. The average molecular weight is 387 g/mol. The fraction of sp³-hybridized carbons (Fsp3) is 0.111. The zero-order valence-electron chi connectivity index (χ0n) is 14.1. The molecule has 0 spiro atoms. The molecule has 0 bridgehead atoms. The van der Waals surface area contributed by atoms with E-state index in [-0.39, 0.29) is 34.2 Å². The fourth-order valence-electron chi connectivity index (χ4n) is 2.17. The highest BCUT2D eigenvalue weighted by molar-refractivity contribution is 7.99. The number of halogens is 1. The van der Waals surface area contributed by atoms with Gasteiger partial charge in [-0.05, 0) is 36.4 Å². The van der Waals surface area contributed by atoms with Crippen LogP contribution in [-0.2, 0) is 9.53 Å². The Kier molecular flexibility index (Phi) is 5.82. The number of methoxy groups -OCH3 is 1. The minimum absolute atomic E-state index is 0.000554. The molecule has 7 nitrogen and oxygen atoms in total. The zero-order chi connectivity index (χ0) is 19.2. The number of rotatable bonds is 6. The molecule has 0 unspecified atom stereocenters. The lowest BCUT2D eigenvalue weighted by molar-refractivity contribution is -0.113. The van der Waals surface area contributed by atoms with Crippen LogP contribution in [0.15, 0.2) is 58.2 Å². The van der Waals surface area contributed by atoms with Gasteiger partial charge in [0.15, 0.2) is 0 Å². The van der Waals surface area contributed by atoms with Crippen LogP contribution in [0, 0.1) is 5.82 Å². The van der Waals surface area contributed by atoms with Crippen LogP contribution in [-0.4, -0.2) is 34.9 Å². The monoisotopic (exact) mass is 387 g/mol. The van der Waals surface area contributed by atoms with Crippen LogP contribution in [0.2, 0.25) is 0 Å². The van der Waals surface area contributed by atoms with Crippen molar-refractivity contribution in [3.63, 3.8) is 0 Å². The summed E-state index contributed by atoms with van der Waals surface area (Å²) in [5.41, 5.74) is 1.19. The predicted molar refractivity (Wildman–Crippen MR) is 96.8 cm³/mol. The van der Waals surface area contributed by atoms with Crippen molar-refractivity contribution < 1.29 is 23.1 Å². The van der Waals surface area contributed by atoms with Crippen molar-refractivity contribution >= 4 is 29.3 Å². The van der Waals surface area contributed by atoms with Gasteiger partial charge in [0, 0.05) is 5.56 Å². The first-order chi connectivity index (χ1) is 13.1. The molecule has 0 saturated heterocycles. The van der Waals surface area contributed by atoms with Gasteiger partial charge >= 0.3 is 5.97 Å². The maximum atomic E-state index is 13.0. The molecule has 0 radical (unpaired) electrons. The molecule has 27 heavy (non-hydrogen) atoms. The van der Waals surface area contributed by atoms with Crippen molar-refractivity contribution in [3.8, 4) is 11.5 Å². The number of para-hydroxylation sites is 1. The minimum atomic E-state index is -0.542. The lowest BCUT2D eigenvalue weighted by Crippen LogP contribution is -2.17. The number of benzene rings is 2. The van der Waals surface area contributed by atoms with Crippen LogP contribution in [0.25, 0.3) is 11.5 Å². The molecule has 0 aliphatic heterocycles. The third-order valence-electron chi connectivity index (χ3n) is 3.43. The van der Waals surface area contributed by atoms with Crippen molar-refractivity contribution in [1.82, 2.24) is 10.2 Å². The third-order valence-corrected chi connectivity index (χ3v) is 4.25. The van der Waals surface area contributed by atoms with Gasteiger partial charge in [-0.15, -0.1) is 10.2 Å². The Morgan fingerprint density at radius 3 is 2.63 bits per heavy atom. The van der Waals surface area contributed by atoms with Gasteiger partial charge in [-0.3, -0.25) is 4.79 Å². The summed E-state index contributed by atoms with van der Waals surface area (Å²) >= 11 is 1.04. The number of amides is 1. The van der Waals surface area contributed by atoms with Crippen LogP contribution < -0.4 is 5.32 Å². The molecule has 3 aromatic rings. The summed E-state index contributed by atoms with van der Waals surface area (Å²) in [6, 6.07) is 12.2. The van der Waals surface area contributed by atoms with E-state index >= 15 is 0 Å². The van der Waals surface area contributed by atoms with Gasteiger partial charge in [-0.2, -0.15) is 0 Å². The molecular weight excluding hydrogens is 373 g/mol. The first-order valence-electron chi connectivity index (χ1n) is 7.76. The highest BCUT2D eigenvalue weighted by Gasteiger charge is 2.15. The van der Waals surface area contributed by atoms with E-state index in [0.717, 1.165) is 11.8 Å². The molecule has 1 amide bonds. The van der Waals surface area contributed by atoms with Crippen molar-refractivity contribution in [2.75, 3.05) is 18.2 Å². The van der Waals surface area contributed by atoms with Gasteiger partial charge < -0.3 is 14.5 Å². The second-order valence-electron chi connectivity index (χ2n) is 5.25. The van der Waals surface area contributed by atoms with Crippen molar-refractivity contribution in [2.45, 2.75) is 5.22 Å². The molecule has 9 heteroatoms. The Morgan fingerprint density at radius 1 is 1.15 bits per heavy atom. The molecule has 0 aliphatic carbocycles. The van der Waals surface area contributed by atoms with E-state index in [2.05, 4.69) is 20.3 Å². The Morgan fingerprint density at radius 2 is 1.89 bits per heavy atom. The SMILES string of the molecule is COC(=O)c1ccccc1NC(=O)CSc1nnc(-c2ccc(F)cc2)o1. The number of nitrogens with zero attached hydrogens (tertiary/aromatic N) is 2. The summed E-state index contributed by atoms with van der Waals surface area (Å²) < 4.78 is 23.1. The van der Waals surface area contributed by atoms with Crippen LogP contribution in [0.4, 0.5) is 10.1 Å². The summed E-state index contributed by atoms with van der Waals surface area (Å²) in [5, 5.41) is 10.6. The second kappa shape index (κ2) is 8.45. The minimum Gasteiger partial charge on any atom is -0.465 e. The van der Waals surface area contributed by atoms with E-state index in [1.807, 2.05) is 0 Å². The zero-order valence-corrected chi connectivity index (χ0v) is 15.0. The number of ether oxygens (including phenoxy) is 1. The lowest BCUT2D eigenvalue weighted by atomic mass is 10.2. The molecule has 0 saturated carbocycles. The summed E-state index contributed by atoms with van der Waals surface area (Å²) in [7, 11) is 1.27. The smallest absolute Gasteiger partial charge is 0.339 e. The normalized spacial score (nSPS) is 10.4. The number of aromatic nitrogens is 2.